The summed E-state index contributed by atoms with van der Waals surface area (Å²) in [5, 5.41) is 16.5. The first kappa shape index (κ1) is 17.5. The van der Waals surface area contributed by atoms with Crippen molar-refractivity contribution >= 4 is 23.4 Å². The first-order valence-electron chi connectivity index (χ1n) is 7.87. The minimum atomic E-state index is -0.305. The van der Waals surface area contributed by atoms with E-state index in [1.54, 1.807) is 12.1 Å². The fourth-order valence-electron chi connectivity index (χ4n) is 1.92. The Morgan fingerprint density at radius 3 is 2.12 bits per heavy atom. The lowest BCUT2D eigenvalue weighted by Crippen LogP contribution is -2.34. The molecule has 0 radical (unpaired) electrons. The van der Waals surface area contributed by atoms with E-state index in [2.05, 4.69) is 26.1 Å². The molecule has 0 aliphatic rings. The number of urea groups is 1. The van der Waals surface area contributed by atoms with Crippen LogP contribution in [-0.4, -0.2) is 28.4 Å². The predicted octanol–water partition coefficient (Wildman–Crippen LogP) is 3.54. The minimum Gasteiger partial charge on any atom is -0.491 e. The molecule has 0 spiro atoms. The van der Waals surface area contributed by atoms with E-state index >= 15 is 0 Å². The number of hydrogen-bond acceptors (Lipinski definition) is 5. The maximum atomic E-state index is 11.6. The Kier molecular flexibility index (Phi) is 5.95. The molecule has 2 aromatic rings. The average molecular weight is 329 g/mol. The van der Waals surface area contributed by atoms with Crippen molar-refractivity contribution in [2.45, 2.75) is 39.8 Å². The highest BCUT2D eigenvalue weighted by Crippen LogP contribution is 2.19. The molecule has 2 amide bonds. The van der Waals surface area contributed by atoms with Gasteiger partial charge in [-0.15, -0.1) is 10.2 Å². The Hall–Kier alpha value is -2.83. The number of nitrogens with one attached hydrogen (secondary N) is 3. The van der Waals surface area contributed by atoms with E-state index in [9.17, 15) is 4.79 Å². The number of hydrogen-bond donors (Lipinski definition) is 3. The first-order valence-corrected chi connectivity index (χ1v) is 7.87. The maximum Gasteiger partial charge on any atom is 0.320 e. The summed E-state index contributed by atoms with van der Waals surface area (Å²) in [6.07, 6.45) is 0.141. The van der Waals surface area contributed by atoms with Crippen LogP contribution >= 0.6 is 0 Å². The molecule has 0 fully saturated rings. The van der Waals surface area contributed by atoms with Gasteiger partial charge >= 0.3 is 6.03 Å². The summed E-state index contributed by atoms with van der Waals surface area (Å²) < 4.78 is 5.60. The molecule has 3 N–H and O–H groups in total. The highest BCUT2D eigenvalue weighted by atomic mass is 16.5. The van der Waals surface area contributed by atoms with Gasteiger partial charge in [0.05, 0.1) is 6.10 Å². The second kappa shape index (κ2) is 8.14. The van der Waals surface area contributed by atoms with Gasteiger partial charge in [0.25, 0.3) is 0 Å². The lowest BCUT2D eigenvalue weighted by molar-refractivity contribution is 0.242. The van der Waals surface area contributed by atoms with Crippen LogP contribution in [0.15, 0.2) is 36.4 Å². The zero-order chi connectivity index (χ0) is 17.5. The van der Waals surface area contributed by atoms with Crippen molar-refractivity contribution in [1.29, 1.82) is 0 Å². The van der Waals surface area contributed by atoms with Gasteiger partial charge in [0.15, 0.2) is 11.6 Å². The number of amides is 2. The molecule has 0 saturated carbocycles. The van der Waals surface area contributed by atoms with Crippen LogP contribution in [-0.2, 0) is 0 Å². The molecule has 2 rings (SSSR count). The largest absolute Gasteiger partial charge is 0.491 e. The zero-order valence-electron chi connectivity index (χ0n) is 14.3. The molecule has 0 aliphatic carbocycles. The van der Waals surface area contributed by atoms with Crippen molar-refractivity contribution < 1.29 is 9.53 Å². The standard InChI is InChI=1S/C17H23N5O2/c1-11(2)18-17(23)20-16-10-9-15(21-22-16)19-13-5-7-14(8-6-13)24-12(3)4/h5-12H,1-4H3,(H,19,21)(H2,18,20,22,23). The Balaban J connectivity index is 1.92. The van der Waals surface area contributed by atoms with Gasteiger partial charge < -0.3 is 15.4 Å². The van der Waals surface area contributed by atoms with E-state index in [1.165, 1.54) is 0 Å². The SMILES string of the molecule is CC(C)NC(=O)Nc1ccc(Nc2ccc(OC(C)C)cc2)nn1. The van der Waals surface area contributed by atoms with Crippen molar-refractivity contribution in [2.75, 3.05) is 10.6 Å². The van der Waals surface area contributed by atoms with Crippen LogP contribution in [0.5, 0.6) is 5.75 Å². The molecular formula is C17H23N5O2. The van der Waals surface area contributed by atoms with Gasteiger partial charge in [-0.2, -0.15) is 0 Å². The molecule has 0 bridgehead atoms. The lowest BCUT2D eigenvalue weighted by atomic mass is 10.3. The van der Waals surface area contributed by atoms with Crippen LogP contribution < -0.4 is 20.7 Å². The normalized spacial score (nSPS) is 10.6. The molecule has 7 heteroatoms. The van der Waals surface area contributed by atoms with E-state index in [0.717, 1.165) is 11.4 Å². The summed E-state index contributed by atoms with van der Waals surface area (Å²) in [5.74, 6) is 1.79. The quantitative estimate of drug-likeness (QED) is 0.754. The van der Waals surface area contributed by atoms with Gasteiger partial charge in [-0.1, -0.05) is 0 Å². The fourth-order valence-corrected chi connectivity index (χ4v) is 1.92. The second-order valence-electron chi connectivity index (χ2n) is 5.87. The monoisotopic (exact) mass is 329 g/mol. The van der Waals surface area contributed by atoms with Gasteiger partial charge in [-0.05, 0) is 64.1 Å². The number of aromatic nitrogens is 2. The molecule has 7 nitrogen and oxygen atoms in total. The number of ether oxygens (including phenoxy) is 1. The topological polar surface area (TPSA) is 88.2 Å². The minimum absolute atomic E-state index is 0.0570. The van der Waals surface area contributed by atoms with Gasteiger partial charge in [0.1, 0.15) is 5.75 Å². The average Bonchev–Trinajstić information content (AvgIpc) is 2.50. The number of carbonyl (C=O) groups is 1. The van der Waals surface area contributed by atoms with E-state index in [-0.39, 0.29) is 18.2 Å². The molecule has 0 aliphatic heterocycles. The molecule has 0 atom stereocenters. The van der Waals surface area contributed by atoms with E-state index in [1.807, 2.05) is 52.0 Å². The van der Waals surface area contributed by atoms with Crippen molar-refractivity contribution in [3.05, 3.63) is 36.4 Å². The second-order valence-corrected chi connectivity index (χ2v) is 5.87. The van der Waals surface area contributed by atoms with Crippen molar-refractivity contribution in [3.63, 3.8) is 0 Å². The smallest absolute Gasteiger partial charge is 0.320 e. The molecule has 0 saturated heterocycles. The summed E-state index contributed by atoms with van der Waals surface area (Å²) in [5.41, 5.74) is 0.874. The maximum absolute atomic E-state index is 11.6. The van der Waals surface area contributed by atoms with E-state index < -0.39 is 0 Å². The van der Waals surface area contributed by atoms with Gasteiger partial charge in [-0.3, -0.25) is 5.32 Å². The first-order chi connectivity index (χ1) is 11.4. The van der Waals surface area contributed by atoms with Gasteiger partial charge in [-0.25, -0.2) is 4.79 Å². The van der Waals surface area contributed by atoms with Gasteiger partial charge in [0.2, 0.25) is 0 Å². The van der Waals surface area contributed by atoms with Crippen LogP contribution in [0.25, 0.3) is 0 Å². The number of rotatable bonds is 6. The predicted molar refractivity (Wildman–Crippen MR) is 94.8 cm³/mol. The van der Waals surface area contributed by atoms with Crippen molar-refractivity contribution in [3.8, 4) is 5.75 Å². The van der Waals surface area contributed by atoms with Crippen LogP contribution in [0.4, 0.5) is 22.1 Å². The summed E-state index contributed by atoms with van der Waals surface area (Å²) in [7, 11) is 0. The zero-order valence-corrected chi connectivity index (χ0v) is 14.3. The number of nitrogens with zero attached hydrogens (tertiary/aromatic N) is 2. The van der Waals surface area contributed by atoms with Gasteiger partial charge in [0, 0.05) is 11.7 Å². The van der Waals surface area contributed by atoms with Crippen LogP contribution in [0.3, 0.4) is 0 Å². The Bertz CT molecular complexity index is 654. The molecule has 1 heterocycles. The lowest BCUT2D eigenvalue weighted by Gasteiger charge is -2.11. The van der Waals surface area contributed by atoms with Crippen LogP contribution in [0, 0.1) is 0 Å². The summed E-state index contributed by atoms with van der Waals surface area (Å²) in [6.45, 7) is 7.74. The van der Waals surface area contributed by atoms with E-state index in [0.29, 0.717) is 11.6 Å². The number of carbonyl (C=O) groups excluding carboxylic acids is 1. The Morgan fingerprint density at radius 2 is 1.58 bits per heavy atom. The Morgan fingerprint density at radius 1 is 0.958 bits per heavy atom. The summed E-state index contributed by atoms with van der Waals surface area (Å²) >= 11 is 0. The van der Waals surface area contributed by atoms with Crippen LogP contribution in [0.2, 0.25) is 0 Å². The highest BCUT2D eigenvalue weighted by molar-refractivity contribution is 5.88. The van der Waals surface area contributed by atoms with Crippen molar-refractivity contribution in [2.24, 2.45) is 0 Å². The molecule has 1 aromatic carbocycles. The van der Waals surface area contributed by atoms with Crippen LogP contribution in [0.1, 0.15) is 27.7 Å². The molecule has 0 unspecified atom stereocenters. The third kappa shape index (κ3) is 5.75. The van der Waals surface area contributed by atoms with E-state index in [4.69, 9.17) is 4.74 Å². The fraction of sp³-hybridized carbons (Fsp3) is 0.353. The highest BCUT2D eigenvalue weighted by Gasteiger charge is 2.05. The molecule has 1 aromatic heterocycles. The number of anilines is 3. The third-order valence-corrected chi connectivity index (χ3v) is 2.82. The Labute approximate surface area is 141 Å². The summed E-state index contributed by atoms with van der Waals surface area (Å²) in [4.78, 5) is 11.6. The molecular weight excluding hydrogens is 306 g/mol. The molecule has 24 heavy (non-hydrogen) atoms. The third-order valence-electron chi connectivity index (χ3n) is 2.82. The summed E-state index contributed by atoms with van der Waals surface area (Å²) in [6, 6.07) is 10.8. The number of benzene rings is 1. The molecule has 128 valence electrons. The van der Waals surface area contributed by atoms with Crippen molar-refractivity contribution in [1.82, 2.24) is 15.5 Å².